The van der Waals surface area contributed by atoms with Crippen molar-refractivity contribution in [2.24, 2.45) is 0 Å². The van der Waals surface area contributed by atoms with Crippen LogP contribution in [0.3, 0.4) is 0 Å². The molecular weight excluding hydrogens is 316 g/mol. The minimum absolute atomic E-state index is 0.0507. The molecule has 2 atom stereocenters. The Morgan fingerprint density at radius 2 is 2.22 bits per heavy atom. The maximum atomic E-state index is 12.5. The van der Waals surface area contributed by atoms with Crippen molar-refractivity contribution < 1.29 is 14.3 Å². The predicted octanol–water partition coefficient (Wildman–Crippen LogP) is 2.25. The molecule has 0 bridgehead atoms. The zero-order chi connectivity index (χ0) is 16.6. The number of amides is 2. The molecule has 2 aliphatic rings. The fourth-order valence-electron chi connectivity index (χ4n) is 3.39. The van der Waals surface area contributed by atoms with Gasteiger partial charge in [0.05, 0.1) is 0 Å². The average molecular weight is 337 g/mol. The molecule has 1 aromatic carbocycles. The summed E-state index contributed by atoms with van der Waals surface area (Å²) in [5.74, 6) is 0.544. The van der Waals surface area contributed by atoms with Gasteiger partial charge in [0.2, 0.25) is 5.91 Å². The van der Waals surface area contributed by atoms with Gasteiger partial charge in [-0.15, -0.1) is 0 Å². The lowest BCUT2D eigenvalue weighted by atomic mass is 10.1. The number of carbonyl (C=O) groups is 2. The van der Waals surface area contributed by atoms with E-state index in [9.17, 15) is 9.59 Å². The van der Waals surface area contributed by atoms with Crippen LogP contribution in [0.1, 0.15) is 25.3 Å². The SMILES string of the molecule is Cc1cc(Cl)ccc1OCC(=O)N1C[C@@H]2CCCN2C(=O)[C@@H]1C. The van der Waals surface area contributed by atoms with Crippen molar-refractivity contribution in [3.8, 4) is 5.75 Å². The van der Waals surface area contributed by atoms with Gasteiger partial charge in [-0.1, -0.05) is 11.6 Å². The molecule has 6 heteroatoms. The first kappa shape index (κ1) is 16.1. The van der Waals surface area contributed by atoms with Crippen LogP contribution in [0.15, 0.2) is 18.2 Å². The van der Waals surface area contributed by atoms with E-state index in [1.165, 1.54) is 0 Å². The van der Waals surface area contributed by atoms with Crippen LogP contribution >= 0.6 is 11.6 Å². The molecule has 2 amide bonds. The van der Waals surface area contributed by atoms with E-state index < -0.39 is 6.04 Å². The van der Waals surface area contributed by atoms with Crippen LogP contribution in [-0.2, 0) is 9.59 Å². The lowest BCUT2D eigenvalue weighted by molar-refractivity contribution is -0.153. The van der Waals surface area contributed by atoms with Crippen LogP contribution in [0, 0.1) is 6.92 Å². The minimum atomic E-state index is -0.410. The van der Waals surface area contributed by atoms with Gasteiger partial charge in [0.25, 0.3) is 5.91 Å². The maximum absolute atomic E-state index is 12.5. The molecule has 0 saturated carbocycles. The summed E-state index contributed by atoms with van der Waals surface area (Å²) in [6.45, 7) is 5.04. The number of carbonyl (C=O) groups excluding carboxylic acids is 2. The highest BCUT2D eigenvalue weighted by Crippen LogP contribution is 2.26. The minimum Gasteiger partial charge on any atom is -0.483 e. The van der Waals surface area contributed by atoms with Crippen molar-refractivity contribution in [1.29, 1.82) is 0 Å². The number of piperazine rings is 1. The summed E-state index contributed by atoms with van der Waals surface area (Å²) in [4.78, 5) is 28.4. The van der Waals surface area contributed by atoms with E-state index in [2.05, 4.69) is 0 Å². The number of benzene rings is 1. The molecule has 0 aromatic heterocycles. The van der Waals surface area contributed by atoms with Crippen molar-refractivity contribution in [3.05, 3.63) is 28.8 Å². The molecule has 0 aliphatic carbocycles. The van der Waals surface area contributed by atoms with Crippen LogP contribution in [0.4, 0.5) is 0 Å². The summed E-state index contributed by atoms with van der Waals surface area (Å²) in [6.07, 6.45) is 1.99. The normalized spacial score (nSPS) is 23.9. The molecule has 0 radical (unpaired) electrons. The molecule has 1 aromatic rings. The zero-order valence-electron chi connectivity index (χ0n) is 13.4. The van der Waals surface area contributed by atoms with Crippen molar-refractivity contribution >= 4 is 23.4 Å². The Labute approximate surface area is 141 Å². The second kappa shape index (κ2) is 6.40. The van der Waals surface area contributed by atoms with E-state index in [0.717, 1.165) is 24.9 Å². The van der Waals surface area contributed by atoms with E-state index in [-0.39, 0.29) is 24.5 Å². The van der Waals surface area contributed by atoms with Gasteiger partial charge in [-0.25, -0.2) is 0 Å². The van der Waals surface area contributed by atoms with Crippen molar-refractivity contribution in [1.82, 2.24) is 9.80 Å². The van der Waals surface area contributed by atoms with Gasteiger partial charge in [-0.3, -0.25) is 9.59 Å². The quantitative estimate of drug-likeness (QED) is 0.850. The molecule has 2 fully saturated rings. The topological polar surface area (TPSA) is 49.9 Å². The van der Waals surface area contributed by atoms with Gasteiger partial charge < -0.3 is 14.5 Å². The number of aryl methyl sites for hydroxylation is 1. The molecule has 23 heavy (non-hydrogen) atoms. The van der Waals surface area contributed by atoms with E-state index in [4.69, 9.17) is 16.3 Å². The molecule has 0 unspecified atom stereocenters. The Bertz CT molecular complexity index is 634. The lowest BCUT2D eigenvalue weighted by Crippen LogP contribution is -2.60. The summed E-state index contributed by atoms with van der Waals surface area (Å²) in [7, 11) is 0. The smallest absolute Gasteiger partial charge is 0.261 e. The van der Waals surface area contributed by atoms with Crippen LogP contribution in [0.2, 0.25) is 5.02 Å². The molecule has 0 spiro atoms. The molecule has 124 valence electrons. The van der Waals surface area contributed by atoms with Crippen molar-refractivity contribution in [3.63, 3.8) is 0 Å². The number of hydrogen-bond donors (Lipinski definition) is 0. The molecule has 5 nitrogen and oxygen atoms in total. The molecule has 2 aliphatic heterocycles. The molecule has 0 N–H and O–H groups in total. The molecular formula is C17H21ClN2O3. The Hall–Kier alpha value is -1.75. The predicted molar refractivity (Wildman–Crippen MR) is 87.6 cm³/mol. The van der Waals surface area contributed by atoms with E-state index in [1.54, 1.807) is 30.0 Å². The molecule has 2 saturated heterocycles. The summed E-state index contributed by atoms with van der Waals surface area (Å²) in [6, 6.07) is 5.04. The first-order chi connectivity index (χ1) is 11.0. The van der Waals surface area contributed by atoms with Gasteiger partial charge in [-0.2, -0.15) is 0 Å². The number of halogens is 1. The third-order valence-electron chi connectivity index (χ3n) is 4.70. The summed E-state index contributed by atoms with van der Waals surface area (Å²) < 4.78 is 5.63. The standard InChI is InChI=1S/C17H21ClN2O3/c1-11-8-13(18)5-6-15(11)23-10-16(21)20-9-14-4-3-7-19(14)17(22)12(20)2/h5-6,8,12,14H,3-4,7,9-10H2,1-2H3/t12-,14-/m0/s1. The van der Waals surface area contributed by atoms with E-state index >= 15 is 0 Å². The largest absolute Gasteiger partial charge is 0.483 e. The third-order valence-corrected chi connectivity index (χ3v) is 4.94. The Kier molecular flexibility index (Phi) is 4.48. The lowest BCUT2D eigenvalue weighted by Gasteiger charge is -2.41. The number of hydrogen-bond acceptors (Lipinski definition) is 3. The average Bonchev–Trinajstić information content (AvgIpc) is 2.98. The first-order valence-electron chi connectivity index (χ1n) is 7.96. The maximum Gasteiger partial charge on any atom is 0.261 e. The molecule has 3 rings (SSSR count). The number of fused-ring (bicyclic) bond motifs is 1. The van der Waals surface area contributed by atoms with Gasteiger partial charge in [-0.05, 0) is 50.5 Å². The highest BCUT2D eigenvalue weighted by Gasteiger charge is 2.41. The highest BCUT2D eigenvalue weighted by molar-refractivity contribution is 6.30. The van der Waals surface area contributed by atoms with Crippen LogP contribution in [0.25, 0.3) is 0 Å². The van der Waals surface area contributed by atoms with E-state index in [0.29, 0.717) is 17.3 Å². The fourth-order valence-corrected chi connectivity index (χ4v) is 3.62. The highest BCUT2D eigenvalue weighted by atomic mass is 35.5. The Balaban J connectivity index is 1.64. The summed E-state index contributed by atoms with van der Waals surface area (Å²) in [5.41, 5.74) is 0.884. The third kappa shape index (κ3) is 3.15. The van der Waals surface area contributed by atoms with Crippen molar-refractivity contribution in [2.75, 3.05) is 19.7 Å². The summed E-state index contributed by atoms with van der Waals surface area (Å²) in [5, 5.41) is 0.637. The van der Waals surface area contributed by atoms with Crippen LogP contribution < -0.4 is 4.74 Å². The van der Waals surface area contributed by atoms with Crippen LogP contribution in [-0.4, -0.2) is 53.4 Å². The Morgan fingerprint density at radius 3 is 2.96 bits per heavy atom. The van der Waals surface area contributed by atoms with Gasteiger partial charge in [0.15, 0.2) is 6.61 Å². The number of ether oxygens (including phenoxy) is 1. The Morgan fingerprint density at radius 1 is 1.43 bits per heavy atom. The zero-order valence-corrected chi connectivity index (χ0v) is 14.2. The van der Waals surface area contributed by atoms with Crippen LogP contribution in [0.5, 0.6) is 5.75 Å². The number of nitrogens with zero attached hydrogens (tertiary/aromatic N) is 2. The van der Waals surface area contributed by atoms with Crippen molar-refractivity contribution in [2.45, 2.75) is 38.8 Å². The van der Waals surface area contributed by atoms with Gasteiger partial charge >= 0.3 is 0 Å². The second-order valence-electron chi connectivity index (χ2n) is 6.25. The monoisotopic (exact) mass is 336 g/mol. The van der Waals surface area contributed by atoms with Gasteiger partial charge in [0, 0.05) is 24.2 Å². The second-order valence-corrected chi connectivity index (χ2v) is 6.68. The molecule has 2 heterocycles. The number of rotatable bonds is 3. The summed E-state index contributed by atoms with van der Waals surface area (Å²) >= 11 is 5.92. The van der Waals surface area contributed by atoms with E-state index in [1.807, 2.05) is 11.8 Å². The van der Waals surface area contributed by atoms with Gasteiger partial charge in [0.1, 0.15) is 11.8 Å². The first-order valence-corrected chi connectivity index (χ1v) is 8.34. The fraction of sp³-hybridized carbons (Fsp3) is 0.529.